The number of nitrogens with two attached hydrogens (primary N) is 1. The molecule has 0 spiro atoms. The van der Waals surface area contributed by atoms with Crippen LogP contribution in [0.2, 0.25) is 0 Å². The minimum absolute atomic E-state index is 0.0112. The number of esters is 1. The summed E-state index contributed by atoms with van der Waals surface area (Å²) in [7, 11) is 0. The predicted molar refractivity (Wildman–Crippen MR) is 92.7 cm³/mol. The quantitative estimate of drug-likeness (QED) is 0.443. The van der Waals surface area contributed by atoms with E-state index in [1.165, 1.54) is 6.20 Å². The standard InChI is InChI=1S/C16H21N5O3S/c1-2-24-14(23)11-8-19-15(20-13(11)18)25-9-12(22)21-16(10-17)6-4-3-5-7-16/h8H,2-7,9H2,1H3,(H,21,22)(H2,18,19,20). The number of amides is 1. The molecule has 0 aromatic carbocycles. The molecule has 1 aromatic heterocycles. The highest BCUT2D eigenvalue weighted by atomic mass is 32.2. The Morgan fingerprint density at radius 1 is 1.44 bits per heavy atom. The SMILES string of the molecule is CCOC(=O)c1cnc(SCC(=O)NC2(C#N)CCCCC2)nc1N. The average Bonchev–Trinajstić information content (AvgIpc) is 2.61. The monoisotopic (exact) mass is 363 g/mol. The van der Waals surface area contributed by atoms with Crippen LogP contribution in [0.25, 0.3) is 0 Å². The summed E-state index contributed by atoms with van der Waals surface area (Å²) in [6.07, 6.45) is 5.62. The number of anilines is 1. The summed E-state index contributed by atoms with van der Waals surface area (Å²) < 4.78 is 4.85. The molecule has 0 aliphatic heterocycles. The van der Waals surface area contributed by atoms with Crippen molar-refractivity contribution in [2.45, 2.75) is 49.7 Å². The van der Waals surface area contributed by atoms with Gasteiger partial charge in [-0.15, -0.1) is 0 Å². The second-order valence-electron chi connectivity index (χ2n) is 5.76. The van der Waals surface area contributed by atoms with Gasteiger partial charge in [0.25, 0.3) is 0 Å². The van der Waals surface area contributed by atoms with E-state index in [4.69, 9.17) is 10.5 Å². The molecule has 8 nitrogen and oxygen atoms in total. The molecular weight excluding hydrogens is 342 g/mol. The van der Waals surface area contributed by atoms with E-state index >= 15 is 0 Å². The molecular formula is C16H21N5O3S. The molecule has 2 rings (SSSR count). The first-order chi connectivity index (χ1) is 12.0. The molecule has 25 heavy (non-hydrogen) atoms. The van der Waals surface area contributed by atoms with E-state index in [-0.39, 0.29) is 34.8 Å². The number of nitrogens with one attached hydrogen (secondary N) is 1. The van der Waals surface area contributed by atoms with Crippen molar-refractivity contribution >= 4 is 29.5 Å². The lowest BCUT2D eigenvalue weighted by Crippen LogP contribution is -2.49. The molecule has 1 amide bonds. The molecule has 0 radical (unpaired) electrons. The lowest BCUT2D eigenvalue weighted by molar-refractivity contribution is -0.120. The number of rotatable bonds is 6. The highest BCUT2D eigenvalue weighted by Gasteiger charge is 2.33. The summed E-state index contributed by atoms with van der Waals surface area (Å²) in [5.74, 6) is -0.744. The molecule has 1 saturated carbocycles. The van der Waals surface area contributed by atoms with Crippen LogP contribution in [-0.2, 0) is 9.53 Å². The van der Waals surface area contributed by atoms with Gasteiger partial charge in [0.15, 0.2) is 5.16 Å². The first kappa shape index (κ1) is 19.0. The largest absolute Gasteiger partial charge is 0.462 e. The van der Waals surface area contributed by atoms with E-state index in [2.05, 4.69) is 21.4 Å². The number of carbonyl (C=O) groups excluding carboxylic acids is 2. The smallest absolute Gasteiger partial charge is 0.343 e. The molecule has 3 N–H and O–H groups in total. The zero-order chi connectivity index (χ0) is 18.3. The Hall–Kier alpha value is -2.34. The molecule has 1 aliphatic carbocycles. The van der Waals surface area contributed by atoms with Gasteiger partial charge in [-0.1, -0.05) is 31.0 Å². The van der Waals surface area contributed by atoms with Gasteiger partial charge in [0.1, 0.15) is 16.9 Å². The number of carbonyl (C=O) groups is 2. The fourth-order valence-electron chi connectivity index (χ4n) is 2.67. The summed E-state index contributed by atoms with van der Waals surface area (Å²) in [5.41, 5.74) is 5.08. The summed E-state index contributed by atoms with van der Waals surface area (Å²) in [4.78, 5) is 31.8. The van der Waals surface area contributed by atoms with E-state index < -0.39 is 11.5 Å². The molecule has 1 aromatic rings. The second-order valence-corrected chi connectivity index (χ2v) is 6.71. The third-order valence-corrected chi connectivity index (χ3v) is 4.79. The Morgan fingerprint density at radius 3 is 2.76 bits per heavy atom. The van der Waals surface area contributed by atoms with Crippen molar-refractivity contribution in [2.24, 2.45) is 0 Å². The predicted octanol–water partition coefficient (Wildman–Crippen LogP) is 1.67. The number of aromatic nitrogens is 2. The van der Waals surface area contributed by atoms with Crippen molar-refractivity contribution in [3.63, 3.8) is 0 Å². The van der Waals surface area contributed by atoms with Gasteiger partial charge in [0.2, 0.25) is 5.91 Å². The molecule has 1 heterocycles. The van der Waals surface area contributed by atoms with Crippen LogP contribution in [-0.4, -0.2) is 39.7 Å². The number of hydrogen-bond acceptors (Lipinski definition) is 8. The maximum absolute atomic E-state index is 12.1. The van der Waals surface area contributed by atoms with Crippen LogP contribution in [0.5, 0.6) is 0 Å². The minimum atomic E-state index is -0.760. The molecule has 1 aliphatic rings. The lowest BCUT2D eigenvalue weighted by Gasteiger charge is -2.31. The van der Waals surface area contributed by atoms with Gasteiger partial charge in [-0.05, 0) is 19.8 Å². The molecule has 9 heteroatoms. The molecule has 0 unspecified atom stereocenters. The third kappa shape index (κ3) is 5.06. The van der Waals surface area contributed by atoms with E-state index in [1.807, 2.05) is 0 Å². The molecule has 0 bridgehead atoms. The van der Waals surface area contributed by atoms with Crippen LogP contribution < -0.4 is 11.1 Å². The number of hydrogen-bond donors (Lipinski definition) is 2. The highest BCUT2D eigenvalue weighted by molar-refractivity contribution is 7.99. The first-order valence-electron chi connectivity index (χ1n) is 8.14. The van der Waals surface area contributed by atoms with E-state index in [0.717, 1.165) is 31.0 Å². The lowest BCUT2D eigenvalue weighted by atomic mass is 9.83. The van der Waals surface area contributed by atoms with E-state index in [0.29, 0.717) is 12.8 Å². The van der Waals surface area contributed by atoms with Crippen molar-refractivity contribution in [1.82, 2.24) is 15.3 Å². The maximum Gasteiger partial charge on any atom is 0.343 e. The third-order valence-electron chi connectivity index (χ3n) is 3.92. The number of thioether (sulfide) groups is 1. The van der Waals surface area contributed by atoms with Crippen LogP contribution in [0.1, 0.15) is 49.4 Å². The van der Waals surface area contributed by atoms with Gasteiger partial charge >= 0.3 is 5.97 Å². The van der Waals surface area contributed by atoms with Gasteiger partial charge in [-0.25, -0.2) is 14.8 Å². The fraction of sp³-hybridized carbons (Fsp3) is 0.562. The molecule has 1 fully saturated rings. The van der Waals surface area contributed by atoms with E-state index in [1.54, 1.807) is 6.92 Å². The highest BCUT2D eigenvalue weighted by Crippen LogP contribution is 2.27. The van der Waals surface area contributed by atoms with Crippen molar-refractivity contribution in [2.75, 3.05) is 18.1 Å². The molecule has 0 atom stereocenters. The van der Waals surface area contributed by atoms with Crippen molar-refractivity contribution in [1.29, 1.82) is 5.26 Å². The van der Waals surface area contributed by atoms with Crippen LogP contribution in [0.15, 0.2) is 11.4 Å². The number of nitriles is 1. The van der Waals surface area contributed by atoms with Gasteiger partial charge in [0.05, 0.1) is 18.4 Å². The van der Waals surface area contributed by atoms with Crippen LogP contribution in [0.3, 0.4) is 0 Å². The Kier molecular flexibility index (Phi) is 6.58. The zero-order valence-corrected chi connectivity index (χ0v) is 14.9. The van der Waals surface area contributed by atoms with Gasteiger partial charge < -0.3 is 15.8 Å². The van der Waals surface area contributed by atoms with E-state index in [9.17, 15) is 14.9 Å². The van der Waals surface area contributed by atoms with Gasteiger partial charge in [0, 0.05) is 6.20 Å². The fourth-order valence-corrected chi connectivity index (χ4v) is 3.29. The topological polar surface area (TPSA) is 131 Å². The first-order valence-corrected chi connectivity index (χ1v) is 9.13. The molecule has 134 valence electrons. The van der Waals surface area contributed by atoms with Crippen molar-refractivity contribution in [3.8, 4) is 6.07 Å². The van der Waals surface area contributed by atoms with Crippen molar-refractivity contribution < 1.29 is 14.3 Å². The Bertz CT molecular complexity index is 683. The second kappa shape index (κ2) is 8.67. The van der Waals surface area contributed by atoms with Gasteiger partial charge in [-0.3, -0.25) is 4.79 Å². The van der Waals surface area contributed by atoms with Crippen LogP contribution >= 0.6 is 11.8 Å². The Balaban J connectivity index is 1.92. The normalized spacial score (nSPS) is 15.8. The van der Waals surface area contributed by atoms with Crippen LogP contribution in [0, 0.1) is 11.3 Å². The number of nitrogens with zero attached hydrogens (tertiary/aromatic N) is 3. The van der Waals surface area contributed by atoms with Crippen LogP contribution in [0.4, 0.5) is 5.82 Å². The Labute approximate surface area is 150 Å². The van der Waals surface area contributed by atoms with Gasteiger partial charge in [-0.2, -0.15) is 5.26 Å². The Morgan fingerprint density at radius 2 is 2.16 bits per heavy atom. The minimum Gasteiger partial charge on any atom is -0.462 e. The summed E-state index contributed by atoms with van der Waals surface area (Å²) >= 11 is 1.10. The summed E-state index contributed by atoms with van der Waals surface area (Å²) in [6, 6.07) is 2.24. The maximum atomic E-state index is 12.1. The summed E-state index contributed by atoms with van der Waals surface area (Å²) in [5, 5.41) is 12.5. The van der Waals surface area contributed by atoms with Crippen molar-refractivity contribution in [3.05, 3.63) is 11.8 Å². The number of ether oxygens (including phenoxy) is 1. The zero-order valence-electron chi connectivity index (χ0n) is 14.1. The number of nitrogen functional groups attached to an aromatic ring is 1. The molecule has 0 saturated heterocycles. The summed E-state index contributed by atoms with van der Waals surface area (Å²) in [6.45, 7) is 1.92. The average molecular weight is 363 g/mol.